The van der Waals surface area contributed by atoms with Crippen LogP contribution in [0.25, 0.3) is 11.5 Å². The molecule has 2 aromatic heterocycles. The molecule has 0 unspecified atom stereocenters. The molecule has 15 heteroatoms. The standard InChI is InChI=1S/C18H17F3N8O3S/c1-10-23-7-12(14(25-10)26-16(22-2)24-9-18(19,20)21)8-33-17-28-27-15(32-17)11-3-5-13(6-4-11)29(30)31/h3-7H,8-9H2,1-2H3,(H2,22,23,24,25,26). The molecule has 3 aromatic rings. The van der Waals surface area contributed by atoms with Gasteiger partial charge in [0.15, 0.2) is 5.96 Å². The largest absolute Gasteiger partial charge is 0.411 e. The molecule has 0 saturated heterocycles. The number of non-ortho nitro benzene ring substituents is 1. The summed E-state index contributed by atoms with van der Waals surface area (Å²) in [6.45, 7) is 0.386. The van der Waals surface area contributed by atoms with E-state index in [0.717, 1.165) is 11.8 Å². The van der Waals surface area contributed by atoms with Gasteiger partial charge in [-0.25, -0.2) is 9.97 Å². The minimum absolute atomic E-state index is 0.0630. The van der Waals surface area contributed by atoms with E-state index in [-0.39, 0.29) is 34.3 Å². The molecule has 174 valence electrons. The van der Waals surface area contributed by atoms with Crippen LogP contribution in [0.2, 0.25) is 0 Å². The molecule has 0 aliphatic carbocycles. The van der Waals surface area contributed by atoms with Crippen molar-refractivity contribution in [1.29, 1.82) is 0 Å². The van der Waals surface area contributed by atoms with Crippen LogP contribution >= 0.6 is 11.8 Å². The number of alkyl halides is 3. The van der Waals surface area contributed by atoms with E-state index in [1.54, 1.807) is 6.92 Å². The third-order valence-electron chi connectivity index (χ3n) is 3.98. The monoisotopic (exact) mass is 482 g/mol. The Morgan fingerprint density at radius 1 is 1.27 bits per heavy atom. The Kier molecular flexibility index (Phi) is 7.42. The fourth-order valence-corrected chi connectivity index (χ4v) is 3.16. The second-order valence-corrected chi connectivity index (χ2v) is 7.35. The van der Waals surface area contributed by atoms with E-state index in [0.29, 0.717) is 17.0 Å². The summed E-state index contributed by atoms with van der Waals surface area (Å²) in [5, 5.41) is 23.8. The molecule has 0 fully saturated rings. The molecule has 3 rings (SSSR count). The lowest BCUT2D eigenvalue weighted by Crippen LogP contribution is -2.38. The van der Waals surface area contributed by atoms with Gasteiger partial charge < -0.3 is 15.1 Å². The molecule has 0 amide bonds. The molecule has 0 spiro atoms. The molecule has 0 bridgehead atoms. The first-order chi connectivity index (χ1) is 15.6. The van der Waals surface area contributed by atoms with E-state index in [4.69, 9.17) is 4.42 Å². The fourth-order valence-electron chi connectivity index (χ4n) is 2.43. The molecule has 0 radical (unpaired) electrons. The number of benzene rings is 1. The maximum atomic E-state index is 12.5. The number of aryl methyl sites for hydroxylation is 1. The van der Waals surface area contributed by atoms with Crippen molar-refractivity contribution in [2.24, 2.45) is 4.99 Å². The summed E-state index contributed by atoms with van der Waals surface area (Å²) in [4.78, 5) is 22.4. The predicted octanol–water partition coefficient (Wildman–Crippen LogP) is 3.59. The molecule has 1 aromatic carbocycles. The van der Waals surface area contributed by atoms with Crippen LogP contribution in [-0.4, -0.2) is 50.8 Å². The SMILES string of the molecule is CN=C(NCC(F)(F)F)Nc1nc(C)ncc1CSc1nnc(-c2ccc([N+](=O)[O-])cc2)o1. The maximum Gasteiger partial charge on any atom is 0.405 e. The minimum atomic E-state index is -4.41. The van der Waals surface area contributed by atoms with Gasteiger partial charge in [0.25, 0.3) is 10.9 Å². The van der Waals surface area contributed by atoms with Crippen molar-refractivity contribution in [3.8, 4) is 11.5 Å². The summed E-state index contributed by atoms with van der Waals surface area (Å²) < 4.78 is 43.1. The number of nitro groups is 1. The lowest BCUT2D eigenvalue weighted by molar-refractivity contribution is -0.384. The van der Waals surface area contributed by atoms with Crippen molar-refractivity contribution < 1.29 is 22.5 Å². The quantitative estimate of drug-likeness (QED) is 0.168. The summed E-state index contributed by atoms with van der Waals surface area (Å²) in [5.41, 5.74) is 1.02. The third kappa shape index (κ3) is 6.86. The highest BCUT2D eigenvalue weighted by molar-refractivity contribution is 7.98. The second kappa shape index (κ2) is 10.2. The number of nitrogens with zero attached hydrogens (tertiary/aromatic N) is 6. The Morgan fingerprint density at radius 2 is 2.00 bits per heavy atom. The Labute approximate surface area is 189 Å². The average molecular weight is 482 g/mol. The van der Waals surface area contributed by atoms with Crippen LogP contribution in [-0.2, 0) is 5.75 Å². The second-order valence-electron chi connectivity index (χ2n) is 6.42. The highest BCUT2D eigenvalue weighted by Gasteiger charge is 2.27. The summed E-state index contributed by atoms with van der Waals surface area (Å²) in [6.07, 6.45) is -2.88. The first kappa shape index (κ1) is 23.9. The Bertz CT molecular complexity index is 1150. The van der Waals surface area contributed by atoms with Crippen molar-refractivity contribution in [2.45, 2.75) is 24.1 Å². The van der Waals surface area contributed by atoms with Gasteiger partial charge in [0.2, 0.25) is 5.89 Å². The molecule has 11 nitrogen and oxygen atoms in total. The number of halogens is 3. The summed E-state index contributed by atoms with van der Waals surface area (Å²) >= 11 is 1.16. The Balaban J connectivity index is 1.69. The number of thioether (sulfide) groups is 1. The predicted molar refractivity (Wildman–Crippen MR) is 114 cm³/mol. The zero-order chi connectivity index (χ0) is 24.0. The van der Waals surface area contributed by atoms with E-state index in [1.807, 2.05) is 0 Å². The highest BCUT2D eigenvalue weighted by Crippen LogP contribution is 2.28. The number of aromatic nitrogens is 4. The van der Waals surface area contributed by atoms with Crippen molar-refractivity contribution in [1.82, 2.24) is 25.5 Å². The fraction of sp³-hybridized carbons (Fsp3) is 0.278. The van der Waals surface area contributed by atoms with Crippen molar-refractivity contribution in [3.63, 3.8) is 0 Å². The number of hydrogen-bond donors (Lipinski definition) is 2. The van der Waals surface area contributed by atoms with Crippen LogP contribution in [0, 0.1) is 17.0 Å². The molecule has 0 atom stereocenters. The van der Waals surface area contributed by atoms with Crippen LogP contribution in [0.3, 0.4) is 0 Å². The third-order valence-corrected chi connectivity index (χ3v) is 4.85. The van der Waals surface area contributed by atoms with Crippen LogP contribution in [0.15, 0.2) is 45.1 Å². The zero-order valence-electron chi connectivity index (χ0n) is 17.3. The van der Waals surface area contributed by atoms with Gasteiger partial charge in [-0.05, 0) is 19.1 Å². The van der Waals surface area contributed by atoms with Crippen LogP contribution in [0.4, 0.5) is 24.7 Å². The lowest BCUT2D eigenvalue weighted by Gasteiger charge is -2.15. The van der Waals surface area contributed by atoms with E-state index >= 15 is 0 Å². The van der Waals surface area contributed by atoms with Gasteiger partial charge in [0, 0.05) is 42.3 Å². The number of nitrogens with one attached hydrogen (secondary N) is 2. The van der Waals surface area contributed by atoms with E-state index in [2.05, 4.69) is 35.8 Å². The van der Waals surface area contributed by atoms with Gasteiger partial charge in [-0.15, -0.1) is 10.2 Å². The Hall–Kier alpha value is -3.75. The molecule has 2 N–H and O–H groups in total. The average Bonchev–Trinajstić information content (AvgIpc) is 3.24. The van der Waals surface area contributed by atoms with Gasteiger partial charge >= 0.3 is 6.18 Å². The number of aliphatic imine (C=N–C) groups is 1. The molecule has 0 aliphatic rings. The van der Waals surface area contributed by atoms with E-state index < -0.39 is 17.6 Å². The van der Waals surface area contributed by atoms with Gasteiger partial charge in [-0.1, -0.05) is 11.8 Å². The number of nitro benzene ring substituents is 1. The number of anilines is 1. The maximum absolute atomic E-state index is 12.5. The van der Waals surface area contributed by atoms with E-state index in [1.165, 1.54) is 37.5 Å². The lowest BCUT2D eigenvalue weighted by atomic mass is 10.2. The van der Waals surface area contributed by atoms with Crippen LogP contribution in [0.1, 0.15) is 11.4 Å². The molecule has 33 heavy (non-hydrogen) atoms. The number of guanidine groups is 1. The van der Waals surface area contributed by atoms with Gasteiger partial charge in [0.05, 0.1) is 4.92 Å². The van der Waals surface area contributed by atoms with Crippen LogP contribution in [0.5, 0.6) is 0 Å². The molecule has 0 aliphatic heterocycles. The van der Waals surface area contributed by atoms with Gasteiger partial charge in [-0.3, -0.25) is 15.1 Å². The Morgan fingerprint density at radius 3 is 2.64 bits per heavy atom. The number of rotatable bonds is 7. The summed E-state index contributed by atoms with van der Waals surface area (Å²) in [5.74, 6) is 1.04. The van der Waals surface area contributed by atoms with Crippen molar-refractivity contribution in [3.05, 3.63) is 52.0 Å². The topological polar surface area (TPSA) is 144 Å². The molecule has 0 saturated carbocycles. The van der Waals surface area contributed by atoms with Gasteiger partial charge in [-0.2, -0.15) is 13.2 Å². The minimum Gasteiger partial charge on any atom is -0.411 e. The van der Waals surface area contributed by atoms with Crippen LogP contribution < -0.4 is 10.6 Å². The first-order valence-electron chi connectivity index (χ1n) is 9.22. The molecular formula is C18H17F3N8O3S. The van der Waals surface area contributed by atoms with Crippen molar-refractivity contribution >= 4 is 29.2 Å². The summed E-state index contributed by atoms with van der Waals surface area (Å²) in [7, 11) is 1.34. The first-order valence-corrected chi connectivity index (χ1v) is 10.2. The normalized spacial score (nSPS) is 12.0. The van der Waals surface area contributed by atoms with Gasteiger partial charge in [0.1, 0.15) is 18.2 Å². The molecular weight excluding hydrogens is 465 g/mol. The smallest absolute Gasteiger partial charge is 0.405 e. The highest BCUT2D eigenvalue weighted by atomic mass is 32.2. The molecule has 2 heterocycles. The zero-order valence-corrected chi connectivity index (χ0v) is 18.1. The summed E-state index contributed by atoms with van der Waals surface area (Å²) in [6, 6.07) is 5.65. The van der Waals surface area contributed by atoms with Crippen molar-refractivity contribution in [2.75, 3.05) is 18.9 Å². The van der Waals surface area contributed by atoms with E-state index in [9.17, 15) is 23.3 Å². The number of hydrogen-bond acceptors (Lipinski definition) is 9.